The van der Waals surface area contributed by atoms with Crippen LogP contribution in [-0.4, -0.2) is 55.7 Å². The zero-order valence-corrected chi connectivity index (χ0v) is 15.5. The predicted molar refractivity (Wildman–Crippen MR) is 97.4 cm³/mol. The van der Waals surface area contributed by atoms with E-state index in [1.54, 1.807) is 0 Å². The smallest absolute Gasteiger partial charge is 0.234 e. The number of ether oxygens (including phenoxy) is 1. The second-order valence-electron chi connectivity index (χ2n) is 6.84. The molecule has 0 saturated carbocycles. The molecule has 0 radical (unpaired) electrons. The van der Waals surface area contributed by atoms with Crippen molar-refractivity contribution >= 4 is 17.5 Å². The van der Waals surface area contributed by atoms with E-state index in [0.717, 1.165) is 31.9 Å². The Morgan fingerprint density at radius 1 is 1.29 bits per heavy atom. The van der Waals surface area contributed by atoms with E-state index in [-0.39, 0.29) is 17.5 Å². The molecule has 6 heteroatoms. The molecule has 5 nitrogen and oxygen atoms in total. The summed E-state index contributed by atoms with van der Waals surface area (Å²) in [6, 6.07) is 7.76. The number of nitrogens with one attached hydrogen (secondary N) is 2. The maximum atomic E-state index is 12.1. The lowest BCUT2D eigenvalue weighted by atomic mass is 10.0. The molecular weight excluding hydrogens is 326 g/mol. The minimum Gasteiger partial charge on any atom is -0.379 e. The van der Waals surface area contributed by atoms with Crippen molar-refractivity contribution in [1.29, 1.82) is 0 Å². The minimum atomic E-state index is -0.0682. The van der Waals surface area contributed by atoms with Gasteiger partial charge in [-0.1, -0.05) is 23.7 Å². The average Bonchev–Trinajstić information content (AvgIpc) is 2.59. The van der Waals surface area contributed by atoms with Crippen LogP contribution in [-0.2, 0) is 9.53 Å². The molecule has 1 amide bonds. The van der Waals surface area contributed by atoms with Crippen molar-refractivity contribution < 1.29 is 9.53 Å². The van der Waals surface area contributed by atoms with Gasteiger partial charge < -0.3 is 15.4 Å². The zero-order chi connectivity index (χ0) is 17.6. The summed E-state index contributed by atoms with van der Waals surface area (Å²) in [7, 11) is 0. The Hall–Kier alpha value is -1.14. The highest BCUT2D eigenvalue weighted by molar-refractivity contribution is 6.30. The highest BCUT2D eigenvalue weighted by Crippen LogP contribution is 2.16. The molecular formula is C18H28ClN3O2. The molecule has 1 unspecified atom stereocenters. The van der Waals surface area contributed by atoms with Crippen molar-refractivity contribution in [2.24, 2.45) is 0 Å². The topological polar surface area (TPSA) is 53.6 Å². The molecule has 134 valence electrons. The van der Waals surface area contributed by atoms with Crippen molar-refractivity contribution in [3.05, 3.63) is 34.9 Å². The summed E-state index contributed by atoms with van der Waals surface area (Å²) in [5, 5.41) is 6.99. The van der Waals surface area contributed by atoms with E-state index in [4.69, 9.17) is 16.3 Å². The lowest BCUT2D eigenvalue weighted by molar-refractivity contribution is -0.121. The molecule has 0 bridgehead atoms. The molecule has 2 N–H and O–H groups in total. The highest BCUT2D eigenvalue weighted by atomic mass is 35.5. The molecule has 0 aliphatic carbocycles. The molecule has 0 spiro atoms. The van der Waals surface area contributed by atoms with Gasteiger partial charge in [0, 0.05) is 36.2 Å². The number of morpholine rings is 1. The largest absolute Gasteiger partial charge is 0.379 e. The summed E-state index contributed by atoms with van der Waals surface area (Å²) in [5.41, 5.74) is 1.04. The van der Waals surface area contributed by atoms with Gasteiger partial charge in [-0.05, 0) is 38.5 Å². The summed E-state index contributed by atoms with van der Waals surface area (Å²) in [6.45, 7) is 10.6. The summed E-state index contributed by atoms with van der Waals surface area (Å²) in [5.74, 6) is 0.0112. The van der Waals surface area contributed by atoms with Crippen LogP contribution in [0.25, 0.3) is 0 Å². The molecule has 2 rings (SSSR count). The van der Waals surface area contributed by atoms with Gasteiger partial charge in [0.2, 0.25) is 5.91 Å². The Kier molecular flexibility index (Phi) is 7.04. The summed E-state index contributed by atoms with van der Waals surface area (Å²) >= 11 is 5.90. The number of amides is 1. The van der Waals surface area contributed by atoms with Crippen molar-refractivity contribution in [1.82, 2.24) is 15.5 Å². The third kappa shape index (κ3) is 5.74. The van der Waals surface area contributed by atoms with Crippen LogP contribution in [0.1, 0.15) is 32.4 Å². The number of rotatable bonds is 7. The van der Waals surface area contributed by atoms with Gasteiger partial charge in [-0.2, -0.15) is 0 Å². The van der Waals surface area contributed by atoms with Crippen LogP contribution >= 0.6 is 11.6 Å². The van der Waals surface area contributed by atoms with Crippen LogP contribution in [0.2, 0.25) is 5.02 Å². The summed E-state index contributed by atoms with van der Waals surface area (Å²) in [6.07, 6.45) is 0. The first-order chi connectivity index (χ1) is 11.4. The molecule has 1 aliphatic rings. The zero-order valence-electron chi connectivity index (χ0n) is 14.8. The predicted octanol–water partition coefficient (Wildman–Crippen LogP) is 2.22. The number of hydrogen-bond acceptors (Lipinski definition) is 4. The Balaban J connectivity index is 1.73. The Morgan fingerprint density at radius 2 is 1.92 bits per heavy atom. The monoisotopic (exact) mass is 353 g/mol. The number of carbonyl (C=O) groups is 1. The van der Waals surface area contributed by atoms with Gasteiger partial charge in [-0.25, -0.2) is 0 Å². The van der Waals surface area contributed by atoms with Crippen molar-refractivity contribution in [2.45, 2.75) is 32.4 Å². The van der Waals surface area contributed by atoms with Crippen LogP contribution in [0.4, 0.5) is 0 Å². The van der Waals surface area contributed by atoms with Crippen molar-refractivity contribution in [3.8, 4) is 0 Å². The quantitative estimate of drug-likeness (QED) is 0.789. The fraction of sp³-hybridized carbons (Fsp3) is 0.611. The number of benzene rings is 1. The Bertz CT molecular complexity index is 528. The van der Waals surface area contributed by atoms with E-state index in [1.165, 1.54) is 0 Å². The first-order valence-electron chi connectivity index (χ1n) is 8.47. The van der Waals surface area contributed by atoms with E-state index in [0.29, 0.717) is 18.1 Å². The van der Waals surface area contributed by atoms with Gasteiger partial charge in [-0.15, -0.1) is 0 Å². The molecule has 24 heavy (non-hydrogen) atoms. The lowest BCUT2D eigenvalue weighted by Gasteiger charge is -2.40. The molecule has 0 aromatic heterocycles. The number of hydrogen-bond donors (Lipinski definition) is 2. The second-order valence-corrected chi connectivity index (χ2v) is 7.28. The SMILES string of the molecule is CC(NCC(=O)NCC(C)(C)N1CCOCC1)c1ccc(Cl)cc1. The lowest BCUT2D eigenvalue weighted by Crippen LogP contribution is -2.56. The molecule has 1 aromatic carbocycles. The minimum absolute atomic E-state index is 0.0112. The fourth-order valence-electron chi connectivity index (χ4n) is 2.77. The van der Waals surface area contributed by atoms with E-state index in [9.17, 15) is 4.79 Å². The van der Waals surface area contributed by atoms with E-state index in [2.05, 4.69) is 29.4 Å². The fourth-order valence-corrected chi connectivity index (χ4v) is 2.90. The molecule has 1 aromatic rings. The first kappa shape index (κ1) is 19.2. The normalized spacial score (nSPS) is 17.5. The van der Waals surface area contributed by atoms with E-state index < -0.39 is 0 Å². The average molecular weight is 354 g/mol. The van der Waals surface area contributed by atoms with E-state index in [1.807, 2.05) is 31.2 Å². The van der Waals surface area contributed by atoms with Gasteiger partial charge in [0.05, 0.1) is 19.8 Å². The van der Waals surface area contributed by atoms with Crippen LogP contribution < -0.4 is 10.6 Å². The van der Waals surface area contributed by atoms with Crippen molar-refractivity contribution in [2.75, 3.05) is 39.4 Å². The maximum absolute atomic E-state index is 12.1. The number of halogens is 1. The number of nitrogens with zero attached hydrogens (tertiary/aromatic N) is 1. The van der Waals surface area contributed by atoms with Gasteiger partial charge in [0.15, 0.2) is 0 Å². The van der Waals surface area contributed by atoms with Gasteiger partial charge >= 0.3 is 0 Å². The third-order valence-corrected chi connectivity index (χ3v) is 4.78. The molecule has 1 heterocycles. The summed E-state index contributed by atoms with van der Waals surface area (Å²) in [4.78, 5) is 14.5. The third-order valence-electron chi connectivity index (χ3n) is 4.52. The van der Waals surface area contributed by atoms with Crippen LogP contribution in [0.15, 0.2) is 24.3 Å². The van der Waals surface area contributed by atoms with E-state index >= 15 is 0 Å². The molecule has 1 atom stereocenters. The van der Waals surface area contributed by atoms with Crippen LogP contribution in [0, 0.1) is 0 Å². The highest BCUT2D eigenvalue weighted by Gasteiger charge is 2.28. The second kappa shape index (κ2) is 8.81. The molecule has 1 aliphatic heterocycles. The van der Waals surface area contributed by atoms with Gasteiger partial charge in [0.1, 0.15) is 0 Å². The summed E-state index contributed by atoms with van der Waals surface area (Å²) < 4.78 is 5.39. The number of carbonyl (C=O) groups excluding carboxylic acids is 1. The molecule has 1 saturated heterocycles. The van der Waals surface area contributed by atoms with Crippen molar-refractivity contribution in [3.63, 3.8) is 0 Å². The van der Waals surface area contributed by atoms with Crippen LogP contribution in [0.3, 0.4) is 0 Å². The van der Waals surface area contributed by atoms with Gasteiger partial charge in [0.25, 0.3) is 0 Å². The first-order valence-corrected chi connectivity index (χ1v) is 8.84. The Morgan fingerprint density at radius 3 is 2.54 bits per heavy atom. The molecule has 1 fully saturated rings. The Labute approximate surface area is 149 Å². The van der Waals surface area contributed by atoms with Gasteiger partial charge in [-0.3, -0.25) is 9.69 Å². The standard InChI is InChI=1S/C18H28ClN3O2/c1-14(15-4-6-16(19)7-5-15)20-12-17(23)21-13-18(2,3)22-8-10-24-11-9-22/h4-7,14,20H,8-13H2,1-3H3,(H,21,23). The maximum Gasteiger partial charge on any atom is 0.234 e. The van der Waals surface area contributed by atoms with Crippen LogP contribution in [0.5, 0.6) is 0 Å².